The number of aromatic nitrogens is 1. The average molecular weight is 188 g/mol. The normalized spacial score (nSPS) is 10.7. The van der Waals surface area contributed by atoms with E-state index >= 15 is 0 Å². The molecule has 2 rings (SSSR count). The van der Waals surface area contributed by atoms with Crippen LogP contribution in [0.1, 0.15) is 21.6 Å². The SMILES string of the molecule is Cc1cc2cc(C(N)=O)[nH]c2cc1C. The molecule has 3 nitrogen and oxygen atoms in total. The van der Waals surface area contributed by atoms with Crippen LogP contribution in [-0.2, 0) is 0 Å². The largest absolute Gasteiger partial charge is 0.364 e. The maximum absolute atomic E-state index is 10.9. The summed E-state index contributed by atoms with van der Waals surface area (Å²) >= 11 is 0. The highest BCUT2D eigenvalue weighted by Gasteiger charge is 2.06. The molecule has 0 saturated carbocycles. The summed E-state index contributed by atoms with van der Waals surface area (Å²) < 4.78 is 0. The Kier molecular flexibility index (Phi) is 1.81. The van der Waals surface area contributed by atoms with E-state index < -0.39 is 5.91 Å². The number of amides is 1. The number of benzene rings is 1. The first-order chi connectivity index (χ1) is 6.58. The molecule has 0 aliphatic heterocycles. The van der Waals surface area contributed by atoms with Crippen LogP contribution >= 0.6 is 0 Å². The molecule has 0 saturated heterocycles. The number of nitrogens with two attached hydrogens (primary N) is 1. The molecule has 0 aliphatic carbocycles. The van der Waals surface area contributed by atoms with Gasteiger partial charge in [-0.05, 0) is 43.2 Å². The summed E-state index contributed by atoms with van der Waals surface area (Å²) in [6.07, 6.45) is 0. The highest BCUT2D eigenvalue weighted by molar-refractivity contribution is 5.97. The van der Waals surface area contributed by atoms with Crippen molar-refractivity contribution in [3.8, 4) is 0 Å². The average Bonchev–Trinajstić information content (AvgIpc) is 2.48. The fourth-order valence-corrected chi connectivity index (χ4v) is 1.54. The van der Waals surface area contributed by atoms with Crippen LogP contribution in [0.4, 0.5) is 0 Å². The number of nitrogens with one attached hydrogen (secondary N) is 1. The molecule has 0 unspecified atom stereocenters. The van der Waals surface area contributed by atoms with Gasteiger partial charge in [-0.1, -0.05) is 0 Å². The van der Waals surface area contributed by atoms with Crippen molar-refractivity contribution in [1.29, 1.82) is 0 Å². The topological polar surface area (TPSA) is 58.9 Å². The Bertz CT molecular complexity index is 472. The number of carbonyl (C=O) groups is 1. The smallest absolute Gasteiger partial charge is 0.265 e. The Morgan fingerprint density at radius 2 is 1.86 bits per heavy atom. The number of fused-ring (bicyclic) bond motifs is 1. The van der Waals surface area contributed by atoms with Crippen LogP contribution in [0.5, 0.6) is 0 Å². The number of primary amides is 1. The van der Waals surface area contributed by atoms with E-state index in [2.05, 4.69) is 4.98 Å². The van der Waals surface area contributed by atoms with E-state index in [0.717, 1.165) is 10.9 Å². The molecule has 1 aromatic heterocycles. The third-order valence-corrected chi connectivity index (χ3v) is 2.50. The number of H-pyrrole nitrogens is 1. The number of hydrogen-bond donors (Lipinski definition) is 2. The standard InChI is InChI=1S/C11H12N2O/c1-6-3-8-5-10(11(12)14)13-9(8)4-7(6)2/h3-5,13H,1-2H3,(H2,12,14). The van der Waals surface area contributed by atoms with E-state index in [9.17, 15) is 4.79 Å². The molecule has 2 aromatic rings. The van der Waals surface area contributed by atoms with Gasteiger partial charge < -0.3 is 10.7 Å². The van der Waals surface area contributed by atoms with Gasteiger partial charge in [-0.3, -0.25) is 4.79 Å². The second-order valence-electron chi connectivity index (χ2n) is 3.57. The Morgan fingerprint density at radius 3 is 2.50 bits per heavy atom. The van der Waals surface area contributed by atoms with E-state index in [4.69, 9.17) is 5.73 Å². The van der Waals surface area contributed by atoms with Crippen LogP contribution in [0.3, 0.4) is 0 Å². The van der Waals surface area contributed by atoms with E-state index in [1.807, 2.05) is 26.0 Å². The molecule has 1 heterocycles. The van der Waals surface area contributed by atoms with Crippen LogP contribution in [0.25, 0.3) is 10.9 Å². The Balaban J connectivity index is 2.72. The highest BCUT2D eigenvalue weighted by atomic mass is 16.1. The van der Waals surface area contributed by atoms with E-state index in [0.29, 0.717) is 5.69 Å². The van der Waals surface area contributed by atoms with Gasteiger partial charge in [0.05, 0.1) is 0 Å². The summed E-state index contributed by atoms with van der Waals surface area (Å²) in [6, 6.07) is 5.86. The maximum Gasteiger partial charge on any atom is 0.265 e. The summed E-state index contributed by atoms with van der Waals surface area (Å²) in [7, 11) is 0. The van der Waals surface area contributed by atoms with E-state index in [-0.39, 0.29) is 0 Å². The first-order valence-electron chi connectivity index (χ1n) is 4.47. The number of hydrogen-bond acceptors (Lipinski definition) is 1. The molecule has 3 heteroatoms. The zero-order chi connectivity index (χ0) is 10.3. The van der Waals surface area contributed by atoms with Gasteiger partial charge in [0.25, 0.3) is 5.91 Å². The van der Waals surface area contributed by atoms with Gasteiger partial charge in [0, 0.05) is 10.9 Å². The summed E-state index contributed by atoms with van der Waals surface area (Å²) in [5, 5.41) is 1.03. The van der Waals surface area contributed by atoms with Crippen molar-refractivity contribution >= 4 is 16.8 Å². The van der Waals surface area contributed by atoms with Crippen molar-refractivity contribution in [2.75, 3.05) is 0 Å². The second-order valence-corrected chi connectivity index (χ2v) is 3.57. The number of aromatic amines is 1. The van der Waals surface area contributed by atoms with Crippen LogP contribution in [-0.4, -0.2) is 10.9 Å². The van der Waals surface area contributed by atoms with Crippen molar-refractivity contribution in [3.05, 3.63) is 35.0 Å². The summed E-state index contributed by atoms with van der Waals surface area (Å²) in [5.41, 5.74) is 9.03. The van der Waals surface area contributed by atoms with Crippen molar-refractivity contribution in [1.82, 2.24) is 4.98 Å². The molecule has 3 N–H and O–H groups in total. The van der Waals surface area contributed by atoms with Gasteiger partial charge >= 0.3 is 0 Å². The molecule has 1 aromatic carbocycles. The molecule has 0 radical (unpaired) electrons. The third-order valence-electron chi connectivity index (χ3n) is 2.50. The van der Waals surface area contributed by atoms with E-state index in [1.54, 1.807) is 6.07 Å². The maximum atomic E-state index is 10.9. The number of carbonyl (C=O) groups excluding carboxylic acids is 1. The van der Waals surface area contributed by atoms with Crippen LogP contribution < -0.4 is 5.73 Å². The van der Waals surface area contributed by atoms with Gasteiger partial charge in [-0.2, -0.15) is 0 Å². The minimum atomic E-state index is -0.420. The first kappa shape index (κ1) is 8.81. The third kappa shape index (κ3) is 1.27. The first-order valence-corrected chi connectivity index (χ1v) is 4.47. The summed E-state index contributed by atoms with van der Waals surface area (Å²) in [4.78, 5) is 13.9. The monoisotopic (exact) mass is 188 g/mol. The van der Waals surface area contributed by atoms with Crippen LogP contribution in [0.15, 0.2) is 18.2 Å². The molecular formula is C11H12N2O. The van der Waals surface area contributed by atoms with Crippen LogP contribution in [0.2, 0.25) is 0 Å². The highest BCUT2D eigenvalue weighted by Crippen LogP contribution is 2.19. The zero-order valence-corrected chi connectivity index (χ0v) is 8.22. The van der Waals surface area contributed by atoms with Crippen molar-refractivity contribution in [2.45, 2.75) is 13.8 Å². The van der Waals surface area contributed by atoms with Gasteiger partial charge in [0.2, 0.25) is 0 Å². The predicted molar refractivity (Wildman–Crippen MR) is 56.3 cm³/mol. The fourth-order valence-electron chi connectivity index (χ4n) is 1.54. The van der Waals surface area contributed by atoms with Gasteiger partial charge in [0.15, 0.2) is 0 Å². The van der Waals surface area contributed by atoms with Gasteiger partial charge in [0.1, 0.15) is 5.69 Å². The van der Waals surface area contributed by atoms with Crippen molar-refractivity contribution in [2.24, 2.45) is 5.73 Å². The molecule has 14 heavy (non-hydrogen) atoms. The lowest BCUT2D eigenvalue weighted by molar-refractivity contribution is 0.0996. The molecule has 0 bridgehead atoms. The van der Waals surface area contributed by atoms with Crippen LogP contribution in [0, 0.1) is 13.8 Å². The lowest BCUT2D eigenvalue weighted by atomic mass is 10.1. The fraction of sp³-hybridized carbons (Fsp3) is 0.182. The van der Waals surface area contributed by atoms with Gasteiger partial charge in [-0.15, -0.1) is 0 Å². The Labute approximate surface area is 81.9 Å². The minimum absolute atomic E-state index is 0.420. The Morgan fingerprint density at radius 1 is 1.21 bits per heavy atom. The molecule has 0 spiro atoms. The molecular weight excluding hydrogens is 176 g/mol. The lowest BCUT2D eigenvalue weighted by Gasteiger charge is -1.98. The summed E-state index contributed by atoms with van der Waals surface area (Å²) in [6.45, 7) is 4.09. The molecule has 72 valence electrons. The van der Waals surface area contributed by atoms with Gasteiger partial charge in [-0.25, -0.2) is 0 Å². The quantitative estimate of drug-likeness (QED) is 0.705. The zero-order valence-electron chi connectivity index (χ0n) is 8.22. The molecule has 0 aliphatic rings. The second kappa shape index (κ2) is 2.87. The molecule has 0 fully saturated rings. The lowest BCUT2D eigenvalue weighted by Crippen LogP contribution is -2.10. The van der Waals surface area contributed by atoms with Crippen molar-refractivity contribution in [3.63, 3.8) is 0 Å². The molecule has 0 atom stereocenters. The molecule has 1 amide bonds. The summed E-state index contributed by atoms with van der Waals surface area (Å²) in [5.74, 6) is -0.420. The van der Waals surface area contributed by atoms with Crippen molar-refractivity contribution < 1.29 is 4.79 Å². The minimum Gasteiger partial charge on any atom is -0.364 e. The van der Waals surface area contributed by atoms with E-state index in [1.165, 1.54) is 11.1 Å². The number of aryl methyl sites for hydroxylation is 2. The predicted octanol–water partition coefficient (Wildman–Crippen LogP) is 1.88. The number of rotatable bonds is 1. The Hall–Kier alpha value is -1.77.